The summed E-state index contributed by atoms with van der Waals surface area (Å²) in [4.78, 5) is 2.34. The van der Waals surface area contributed by atoms with Crippen LogP contribution in [0.25, 0.3) is 0 Å². The summed E-state index contributed by atoms with van der Waals surface area (Å²) < 4.78 is 0. The van der Waals surface area contributed by atoms with Gasteiger partial charge in [-0.1, -0.05) is 46.5 Å². The molecule has 0 aromatic heterocycles. The molecule has 0 aromatic carbocycles. The van der Waals surface area contributed by atoms with E-state index in [1.165, 1.54) is 19.3 Å². The highest BCUT2D eigenvalue weighted by Gasteiger charge is 2.31. The molecule has 2 heteroatoms. The lowest BCUT2D eigenvalue weighted by molar-refractivity contribution is -0.0104. The maximum atomic E-state index is 10.3. The molecule has 1 unspecified atom stereocenters. The Kier molecular flexibility index (Phi) is 8.04. The zero-order valence-electron chi connectivity index (χ0n) is 11.9. The quantitative estimate of drug-likeness (QED) is 0.612. The SMILES string of the molecule is CCCCCCC(O)C(C)(C)N(CC)CC. The van der Waals surface area contributed by atoms with E-state index in [0.29, 0.717) is 0 Å². The van der Waals surface area contributed by atoms with Gasteiger partial charge in [0.25, 0.3) is 0 Å². The highest BCUT2D eigenvalue weighted by atomic mass is 16.3. The lowest BCUT2D eigenvalue weighted by Gasteiger charge is -2.41. The molecule has 0 aliphatic rings. The third-order valence-electron chi connectivity index (χ3n) is 3.73. The van der Waals surface area contributed by atoms with Crippen LogP contribution in [0, 0.1) is 0 Å². The van der Waals surface area contributed by atoms with E-state index >= 15 is 0 Å². The molecule has 0 aliphatic carbocycles. The maximum Gasteiger partial charge on any atom is 0.0718 e. The van der Waals surface area contributed by atoms with Gasteiger partial charge in [0.05, 0.1) is 6.10 Å². The van der Waals surface area contributed by atoms with Gasteiger partial charge in [0.2, 0.25) is 0 Å². The van der Waals surface area contributed by atoms with Crippen LogP contribution in [-0.2, 0) is 0 Å². The number of nitrogens with zero attached hydrogens (tertiary/aromatic N) is 1. The third-order valence-corrected chi connectivity index (χ3v) is 3.73. The fourth-order valence-electron chi connectivity index (χ4n) is 2.37. The van der Waals surface area contributed by atoms with Crippen LogP contribution in [0.1, 0.15) is 66.7 Å². The first-order valence-electron chi connectivity index (χ1n) is 6.93. The molecule has 1 N–H and O–H groups in total. The second kappa shape index (κ2) is 8.08. The van der Waals surface area contributed by atoms with Gasteiger partial charge in [0.15, 0.2) is 0 Å². The largest absolute Gasteiger partial charge is 0.391 e. The van der Waals surface area contributed by atoms with Gasteiger partial charge in [-0.25, -0.2) is 0 Å². The second-order valence-corrected chi connectivity index (χ2v) is 5.19. The van der Waals surface area contributed by atoms with Crippen LogP contribution in [0.2, 0.25) is 0 Å². The minimum Gasteiger partial charge on any atom is -0.391 e. The fraction of sp³-hybridized carbons (Fsp3) is 1.00. The van der Waals surface area contributed by atoms with E-state index in [4.69, 9.17) is 0 Å². The van der Waals surface area contributed by atoms with Crippen LogP contribution < -0.4 is 0 Å². The summed E-state index contributed by atoms with van der Waals surface area (Å²) in [5, 5.41) is 10.3. The lowest BCUT2D eigenvalue weighted by Crippen LogP contribution is -2.52. The lowest BCUT2D eigenvalue weighted by atomic mass is 9.90. The number of unbranched alkanes of at least 4 members (excludes halogenated alkanes) is 3. The van der Waals surface area contributed by atoms with E-state index in [1.807, 2.05) is 0 Å². The van der Waals surface area contributed by atoms with Gasteiger partial charge in [-0.05, 0) is 33.4 Å². The number of likely N-dealkylation sites (N-methyl/N-ethyl adjacent to an activating group) is 1. The van der Waals surface area contributed by atoms with Crippen molar-refractivity contribution >= 4 is 0 Å². The molecule has 0 saturated heterocycles. The first-order valence-corrected chi connectivity index (χ1v) is 6.93. The van der Waals surface area contributed by atoms with Crippen LogP contribution in [0.15, 0.2) is 0 Å². The molecule has 0 aromatic rings. The predicted octanol–water partition coefficient (Wildman–Crippen LogP) is 3.44. The number of hydrogen-bond donors (Lipinski definition) is 1. The van der Waals surface area contributed by atoms with Crippen molar-refractivity contribution in [3.63, 3.8) is 0 Å². The minimum atomic E-state index is -0.204. The van der Waals surface area contributed by atoms with Crippen LogP contribution in [0.4, 0.5) is 0 Å². The minimum absolute atomic E-state index is 0.0876. The third kappa shape index (κ3) is 4.84. The summed E-state index contributed by atoms with van der Waals surface area (Å²) in [6.07, 6.45) is 5.68. The number of hydrogen-bond acceptors (Lipinski definition) is 2. The van der Waals surface area contributed by atoms with E-state index in [0.717, 1.165) is 25.9 Å². The Hall–Kier alpha value is -0.0800. The smallest absolute Gasteiger partial charge is 0.0718 e. The number of aliphatic hydroxyl groups is 1. The molecule has 0 radical (unpaired) electrons. The molecule has 0 aliphatic heterocycles. The summed E-state index contributed by atoms with van der Waals surface area (Å²) in [5.74, 6) is 0. The zero-order valence-corrected chi connectivity index (χ0v) is 11.9. The highest BCUT2D eigenvalue weighted by molar-refractivity contribution is 4.87. The van der Waals surface area contributed by atoms with Crippen molar-refractivity contribution in [2.45, 2.75) is 78.4 Å². The van der Waals surface area contributed by atoms with Crippen molar-refractivity contribution in [2.75, 3.05) is 13.1 Å². The van der Waals surface area contributed by atoms with Crippen molar-refractivity contribution in [1.29, 1.82) is 0 Å². The van der Waals surface area contributed by atoms with Crippen LogP contribution in [0.5, 0.6) is 0 Å². The Labute approximate surface area is 102 Å². The average molecular weight is 229 g/mol. The molecule has 0 bridgehead atoms. The molecule has 0 saturated carbocycles. The van der Waals surface area contributed by atoms with Crippen molar-refractivity contribution in [2.24, 2.45) is 0 Å². The standard InChI is InChI=1S/C14H31NO/c1-6-9-10-11-12-13(16)14(4,5)15(7-2)8-3/h13,16H,6-12H2,1-5H3. The molecule has 0 fully saturated rings. The molecule has 98 valence electrons. The van der Waals surface area contributed by atoms with Crippen LogP contribution in [-0.4, -0.2) is 34.7 Å². The molecule has 16 heavy (non-hydrogen) atoms. The van der Waals surface area contributed by atoms with Gasteiger partial charge in [-0.3, -0.25) is 4.90 Å². The monoisotopic (exact) mass is 229 g/mol. The van der Waals surface area contributed by atoms with Gasteiger partial charge in [0, 0.05) is 5.54 Å². The molecule has 1 atom stereocenters. The summed E-state index contributed by atoms with van der Waals surface area (Å²) in [6.45, 7) is 12.9. The van der Waals surface area contributed by atoms with E-state index in [-0.39, 0.29) is 11.6 Å². The van der Waals surface area contributed by atoms with E-state index in [1.54, 1.807) is 0 Å². The van der Waals surface area contributed by atoms with Gasteiger partial charge in [-0.2, -0.15) is 0 Å². The van der Waals surface area contributed by atoms with Crippen molar-refractivity contribution in [3.05, 3.63) is 0 Å². The molecule has 0 heterocycles. The number of aliphatic hydroxyl groups excluding tert-OH is 1. The second-order valence-electron chi connectivity index (χ2n) is 5.19. The molecule has 0 amide bonds. The Morgan fingerprint density at radius 1 is 1.00 bits per heavy atom. The normalized spacial score (nSPS) is 14.4. The fourth-order valence-corrected chi connectivity index (χ4v) is 2.37. The zero-order chi connectivity index (χ0) is 12.6. The summed E-state index contributed by atoms with van der Waals surface area (Å²) in [7, 11) is 0. The van der Waals surface area contributed by atoms with Gasteiger partial charge < -0.3 is 5.11 Å². The summed E-state index contributed by atoms with van der Waals surface area (Å²) in [6, 6.07) is 0. The Balaban J connectivity index is 4.07. The molecule has 0 spiro atoms. The average Bonchev–Trinajstić information content (AvgIpc) is 2.25. The molecular weight excluding hydrogens is 198 g/mol. The Morgan fingerprint density at radius 2 is 1.56 bits per heavy atom. The van der Waals surface area contributed by atoms with E-state index < -0.39 is 0 Å². The first-order chi connectivity index (χ1) is 7.50. The molecule has 2 nitrogen and oxygen atoms in total. The van der Waals surface area contributed by atoms with Gasteiger partial charge in [-0.15, -0.1) is 0 Å². The van der Waals surface area contributed by atoms with Crippen LogP contribution >= 0.6 is 0 Å². The topological polar surface area (TPSA) is 23.5 Å². The van der Waals surface area contributed by atoms with Gasteiger partial charge >= 0.3 is 0 Å². The maximum absolute atomic E-state index is 10.3. The van der Waals surface area contributed by atoms with E-state index in [2.05, 4.69) is 39.5 Å². The Bertz CT molecular complexity index is 164. The first kappa shape index (κ1) is 15.9. The number of rotatable bonds is 9. The van der Waals surface area contributed by atoms with Crippen molar-refractivity contribution < 1.29 is 5.11 Å². The molecule has 0 rings (SSSR count). The van der Waals surface area contributed by atoms with E-state index in [9.17, 15) is 5.11 Å². The molecular formula is C14H31NO. The Morgan fingerprint density at radius 3 is 2.00 bits per heavy atom. The van der Waals surface area contributed by atoms with Crippen molar-refractivity contribution in [1.82, 2.24) is 4.90 Å². The summed E-state index contributed by atoms with van der Waals surface area (Å²) in [5.41, 5.74) is -0.0876. The van der Waals surface area contributed by atoms with Gasteiger partial charge in [0.1, 0.15) is 0 Å². The highest BCUT2D eigenvalue weighted by Crippen LogP contribution is 2.22. The summed E-state index contributed by atoms with van der Waals surface area (Å²) >= 11 is 0. The predicted molar refractivity (Wildman–Crippen MR) is 71.8 cm³/mol. The van der Waals surface area contributed by atoms with Crippen LogP contribution in [0.3, 0.4) is 0 Å². The van der Waals surface area contributed by atoms with Crippen molar-refractivity contribution in [3.8, 4) is 0 Å².